The van der Waals surface area contributed by atoms with E-state index in [2.05, 4.69) is 12.1 Å². The molecule has 0 bridgehead atoms. The first kappa shape index (κ1) is 18.4. The molecule has 1 aliphatic rings. The molecule has 0 saturated carbocycles. The second-order valence-corrected chi connectivity index (χ2v) is 6.38. The van der Waals surface area contributed by atoms with E-state index in [9.17, 15) is 0 Å². The molecular formula is C21H26O5. The van der Waals surface area contributed by atoms with Crippen LogP contribution in [-0.2, 0) is 19.3 Å². The molecule has 1 N–H and O–H groups in total. The Morgan fingerprint density at radius 3 is 2.00 bits per heavy atom. The Morgan fingerprint density at radius 2 is 1.42 bits per heavy atom. The summed E-state index contributed by atoms with van der Waals surface area (Å²) in [7, 11) is 3.32. The molecule has 3 rings (SSSR count). The zero-order valence-corrected chi connectivity index (χ0v) is 15.4. The van der Waals surface area contributed by atoms with Crippen LogP contribution in [0.15, 0.2) is 30.3 Å². The van der Waals surface area contributed by atoms with Crippen molar-refractivity contribution in [3.05, 3.63) is 47.0 Å². The lowest BCUT2D eigenvalue weighted by atomic mass is 9.95. The summed E-state index contributed by atoms with van der Waals surface area (Å²) in [5.74, 6) is 3.23. The molecule has 2 aromatic carbocycles. The minimum atomic E-state index is 0.226. The standard InChI is InChI=1S/C21H26O5/c1-23-18-9-15(10-19(13-18)24-2)6-7-17-12-21-20(25-14-26-21)11-16(17)5-3-4-8-22/h9-13,22H,3-8,14H2,1-2H3. The molecule has 0 aromatic heterocycles. The van der Waals surface area contributed by atoms with Gasteiger partial charge in [0.1, 0.15) is 11.5 Å². The van der Waals surface area contributed by atoms with Gasteiger partial charge in [-0.3, -0.25) is 0 Å². The number of hydrogen-bond acceptors (Lipinski definition) is 5. The molecule has 26 heavy (non-hydrogen) atoms. The number of methoxy groups -OCH3 is 2. The molecule has 0 unspecified atom stereocenters. The summed E-state index contributed by atoms with van der Waals surface area (Å²) in [4.78, 5) is 0. The lowest BCUT2D eigenvalue weighted by Crippen LogP contribution is -2.00. The van der Waals surface area contributed by atoms with Crippen LogP contribution >= 0.6 is 0 Å². The van der Waals surface area contributed by atoms with Crippen LogP contribution in [0.25, 0.3) is 0 Å². The molecule has 0 aliphatic carbocycles. The van der Waals surface area contributed by atoms with Crippen molar-refractivity contribution in [2.45, 2.75) is 32.1 Å². The molecule has 0 fully saturated rings. The van der Waals surface area contributed by atoms with Gasteiger partial charge in [0.25, 0.3) is 0 Å². The van der Waals surface area contributed by atoms with Gasteiger partial charge in [-0.05, 0) is 73.1 Å². The predicted molar refractivity (Wildman–Crippen MR) is 99.5 cm³/mol. The van der Waals surface area contributed by atoms with Gasteiger partial charge in [-0.1, -0.05) is 0 Å². The van der Waals surface area contributed by atoms with E-state index in [-0.39, 0.29) is 13.4 Å². The van der Waals surface area contributed by atoms with Gasteiger partial charge < -0.3 is 24.1 Å². The number of rotatable bonds is 9. The van der Waals surface area contributed by atoms with Gasteiger partial charge in [0.05, 0.1) is 14.2 Å². The molecule has 0 spiro atoms. The van der Waals surface area contributed by atoms with E-state index in [1.165, 1.54) is 16.7 Å². The summed E-state index contributed by atoms with van der Waals surface area (Å²) >= 11 is 0. The number of unbranched alkanes of at least 4 members (excludes halogenated alkanes) is 1. The van der Waals surface area contributed by atoms with E-state index < -0.39 is 0 Å². The summed E-state index contributed by atoms with van der Waals surface area (Å²) < 4.78 is 21.8. The number of aliphatic hydroxyl groups excluding tert-OH is 1. The summed E-state index contributed by atoms with van der Waals surface area (Å²) in [6, 6.07) is 10.1. The smallest absolute Gasteiger partial charge is 0.231 e. The first-order chi connectivity index (χ1) is 12.7. The molecule has 5 heteroatoms. The maximum Gasteiger partial charge on any atom is 0.231 e. The first-order valence-corrected chi connectivity index (χ1v) is 8.97. The fourth-order valence-electron chi connectivity index (χ4n) is 3.21. The number of hydrogen-bond donors (Lipinski definition) is 1. The molecule has 0 amide bonds. The minimum absolute atomic E-state index is 0.226. The average Bonchev–Trinajstić information content (AvgIpc) is 3.13. The van der Waals surface area contributed by atoms with E-state index in [4.69, 9.17) is 24.1 Å². The first-order valence-electron chi connectivity index (χ1n) is 8.97. The maximum absolute atomic E-state index is 9.05. The van der Waals surface area contributed by atoms with Crippen LogP contribution in [0.1, 0.15) is 29.5 Å². The number of ether oxygens (including phenoxy) is 4. The highest BCUT2D eigenvalue weighted by molar-refractivity contribution is 5.49. The van der Waals surface area contributed by atoms with Gasteiger partial charge in [0, 0.05) is 12.7 Å². The van der Waals surface area contributed by atoms with E-state index in [0.29, 0.717) is 0 Å². The van der Waals surface area contributed by atoms with Crippen molar-refractivity contribution < 1.29 is 24.1 Å². The normalized spacial score (nSPS) is 12.3. The third kappa shape index (κ3) is 4.41. The van der Waals surface area contributed by atoms with E-state index >= 15 is 0 Å². The van der Waals surface area contributed by atoms with Gasteiger partial charge >= 0.3 is 0 Å². The third-order valence-electron chi connectivity index (χ3n) is 4.64. The molecule has 2 aromatic rings. The van der Waals surface area contributed by atoms with Gasteiger partial charge in [0.15, 0.2) is 11.5 Å². The number of aliphatic hydroxyl groups is 1. The average molecular weight is 358 g/mol. The Kier molecular flexibility index (Phi) is 6.23. The highest BCUT2D eigenvalue weighted by Gasteiger charge is 2.17. The summed E-state index contributed by atoms with van der Waals surface area (Å²) in [6.07, 6.45) is 4.45. The number of benzene rings is 2. The van der Waals surface area contributed by atoms with Crippen LogP contribution in [0.4, 0.5) is 0 Å². The molecular weight excluding hydrogens is 332 g/mol. The fraction of sp³-hybridized carbons (Fsp3) is 0.429. The van der Waals surface area contributed by atoms with Gasteiger partial charge in [0.2, 0.25) is 6.79 Å². The summed E-state index contributed by atoms with van der Waals surface area (Å²) in [5, 5.41) is 9.05. The van der Waals surface area contributed by atoms with Crippen molar-refractivity contribution in [1.82, 2.24) is 0 Å². The van der Waals surface area contributed by atoms with Crippen molar-refractivity contribution in [2.75, 3.05) is 27.6 Å². The largest absolute Gasteiger partial charge is 0.497 e. The van der Waals surface area contributed by atoms with E-state index in [1.54, 1.807) is 14.2 Å². The molecule has 140 valence electrons. The molecule has 1 aliphatic heterocycles. The van der Waals surface area contributed by atoms with Crippen LogP contribution in [0.5, 0.6) is 23.0 Å². The van der Waals surface area contributed by atoms with Crippen LogP contribution in [0.3, 0.4) is 0 Å². The molecule has 5 nitrogen and oxygen atoms in total. The quantitative estimate of drug-likeness (QED) is 0.695. The van der Waals surface area contributed by atoms with E-state index in [0.717, 1.165) is 55.1 Å². The lowest BCUT2D eigenvalue weighted by molar-refractivity contribution is 0.174. The van der Waals surface area contributed by atoms with Crippen LogP contribution < -0.4 is 18.9 Å². The van der Waals surface area contributed by atoms with Crippen molar-refractivity contribution in [3.8, 4) is 23.0 Å². The predicted octanol–water partition coefficient (Wildman–Crippen LogP) is 3.53. The van der Waals surface area contributed by atoms with Crippen LogP contribution in [0.2, 0.25) is 0 Å². The number of aryl methyl sites for hydroxylation is 3. The topological polar surface area (TPSA) is 57.2 Å². The number of fused-ring (bicyclic) bond motifs is 1. The van der Waals surface area contributed by atoms with E-state index in [1.807, 2.05) is 18.2 Å². The Balaban J connectivity index is 1.78. The monoisotopic (exact) mass is 358 g/mol. The van der Waals surface area contributed by atoms with Crippen LogP contribution in [0, 0.1) is 0 Å². The zero-order chi connectivity index (χ0) is 18.4. The highest BCUT2D eigenvalue weighted by atomic mass is 16.7. The summed E-state index contributed by atoms with van der Waals surface area (Å²) in [5.41, 5.74) is 3.69. The van der Waals surface area contributed by atoms with Crippen LogP contribution in [-0.4, -0.2) is 32.7 Å². The maximum atomic E-state index is 9.05. The van der Waals surface area contributed by atoms with Gasteiger partial charge in [-0.25, -0.2) is 0 Å². The SMILES string of the molecule is COc1cc(CCc2cc3c(cc2CCCCO)OCO3)cc(OC)c1. The summed E-state index contributed by atoms with van der Waals surface area (Å²) in [6.45, 7) is 0.505. The molecule has 0 atom stereocenters. The lowest BCUT2D eigenvalue weighted by Gasteiger charge is -2.12. The Hall–Kier alpha value is -2.40. The van der Waals surface area contributed by atoms with Crippen molar-refractivity contribution in [1.29, 1.82) is 0 Å². The second kappa shape index (κ2) is 8.81. The minimum Gasteiger partial charge on any atom is -0.497 e. The Morgan fingerprint density at radius 1 is 0.808 bits per heavy atom. The highest BCUT2D eigenvalue weighted by Crippen LogP contribution is 2.36. The molecule has 0 radical (unpaired) electrons. The zero-order valence-electron chi connectivity index (χ0n) is 15.4. The van der Waals surface area contributed by atoms with Gasteiger partial charge in [-0.2, -0.15) is 0 Å². The third-order valence-corrected chi connectivity index (χ3v) is 4.64. The van der Waals surface area contributed by atoms with Crippen molar-refractivity contribution in [3.63, 3.8) is 0 Å². The van der Waals surface area contributed by atoms with Crippen molar-refractivity contribution >= 4 is 0 Å². The molecule has 1 heterocycles. The molecule has 0 saturated heterocycles. The fourth-order valence-corrected chi connectivity index (χ4v) is 3.21. The van der Waals surface area contributed by atoms with Gasteiger partial charge in [-0.15, -0.1) is 0 Å². The van der Waals surface area contributed by atoms with Crippen molar-refractivity contribution in [2.24, 2.45) is 0 Å². The second-order valence-electron chi connectivity index (χ2n) is 6.38. The Labute approximate surface area is 154 Å². The Bertz CT molecular complexity index is 719.